The van der Waals surface area contributed by atoms with E-state index in [1.807, 2.05) is 0 Å². The van der Waals surface area contributed by atoms with Gasteiger partial charge in [0.2, 0.25) is 5.91 Å². The van der Waals surface area contributed by atoms with E-state index in [4.69, 9.17) is 10.8 Å². The fraction of sp³-hybridized carbons (Fsp3) is 0.385. The Balaban J connectivity index is 2.77. The number of amides is 2. The molecule has 0 fully saturated rings. The Morgan fingerprint density at radius 3 is 2.84 bits per heavy atom. The van der Waals surface area contributed by atoms with Gasteiger partial charge in [-0.3, -0.25) is 9.59 Å². The molecule has 1 rings (SSSR count). The SMILES string of the molecule is CCN(CC(N)=O)C(=O)c1csc(C#CCCO)c1. The van der Waals surface area contributed by atoms with E-state index in [9.17, 15) is 9.59 Å². The second-order valence-corrected chi connectivity index (χ2v) is 4.67. The third kappa shape index (κ3) is 4.73. The number of nitrogens with two attached hydrogens (primary N) is 1. The molecule has 0 aliphatic rings. The molecule has 0 saturated heterocycles. The second kappa shape index (κ2) is 7.56. The molecule has 6 heteroatoms. The van der Waals surface area contributed by atoms with Gasteiger partial charge in [0.25, 0.3) is 5.91 Å². The number of rotatable bonds is 5. The number of thiophene rings is 1. The summed E-state index contributed by atoms with van der Waals surface area (Å²) in [5.41, 5.74) is 5.60. The standard InChI is InChI=1S/C13H16N2O3S/c1-2-15(8-12(14)17)13(18)10-7-11(19-9-10)5-3-4-6-16/h7,9,16H,2,4,6,8H2,1H3,(H2,14,17). The van der Waals surface area contributed by atoms with Crippen molar-refractivity contribution < 1.29 is 14.7 Å². The monoisotopic (exact) mass is 280 g/mol. The first kappa shape index (κ1) is 15.2. The highest BCUT2D eigenvalue weighted by Crippen LogP contribution is 2.15. The van der Waals surface area contributed by atoms with Crippen LogP contribution in [0.2, 0.25) is 0 Å². The van der Waals surface area contributed by atoms with Crippen molar-refractivity contribution in [3.63, 3.8) is 0 Å². The molecule has 1 aromatic rings. The van der Waals surface area contributed by atoms with Crippen molar-refractivity contribution in [2.24, 2.45) is 5.73 Å². The van der Waals surface area contributed by atoms with Crippen molar-refractivity contribution in [3.8, 4) is 11.8 Å². The van der Waals surface area contributed by atoms with Crippen molar-refractivity contribution in [2.45, 2.75) is 13.3 Å². The van der Waals surface area contributed by atoms with E-state index in [1.165, 1.54) is 16.2 Å². The molecule has 1 heterocycles. The van der Waals surface area contributed by atoms with Gasteiger partial charge in [-0.1, -0.05) is 11.8 Å². The molecule has 0 spiro atoms. The minimum absolute atomic E-state index is 0.0202. The number of nitrogens with zero attached hydrogens (tertiary/aromatic N) is 1. The Labute approximate surface area is 116 Å². The number of carbonyl (C=O) groups excluding carboxylic acids is 2. The van der Waals surface area contributed by atoms with Gasteiger partial charge in [0.15, 0.2) is 0 Å². The van der Waals surface area contributed by atoms with Crippen molar-refractivity contribution >= 4 is 23.2 Å². The number of primary amides is 1. The topological polar surface area (TPSA) is 83.6 Å². The normalized spacial score (nSPS) is 9.58. The first-order valence-electron chi connectivity index (χ1n) is 5.84. The van der Waals surface area contributed by atoms with Gasteiger partial charge in [0.05, 0.1) is 23.6 Å². The highest BCUT2D eigenvalue weighted by molar-refractivity contribution is 7.10. The number of aliphatic hydroxyl groups is 1. The van der Waals surface area contributed by atoms with E-state index < -0.39 is 5.91 Å². The number of likely N-dealkylation sites (N-methyl/N-ethyl adjacent to an activating group) is 1. The molecule has 2 amide bonds. The molecule has 1 aromatic heterocycles. The molecule has 0 unspecified atom stereocenters. The molecule has 0 aliphatic heterocycles. The van der Waals surface area contributed by atoms with Crippen molar-refractivity contribution in [1.29, 1.82) is 0 Å². The summed E-state index contributed by atoms with van der Waals surface area (Å²) in [5.74, 6) is 4.89. The second-order valence-electron chi connectivity index (χ2n) is 3.76. The van der Waals surface area contributed by atoms with Crippen LogP contribution in [0.1, 0.15) is 28.6 Å². The van der Waals surface area contributed by atoms with Gasteiger partial charge in [0.1, 0.15) is 0 Å². The fourth-order valence-corrected chi connectivity index (χ4v) is 2.17. The van der Waals surface area contributed by atoms with Gasteiger partial charge < -0.3 is 15.7 Å². The first-order valence-corrected chi connectivity index (χ1v) is 6.72. The zero-order valence-corrected chi connectivity index (χ0v) is 11.5. The zero-order valence-electron chi connectivity index (χ0n) is 10.7. The Hall–Kier alpha value is -1.84. The molecule has 102 valence electrons. The maximum atomic E-state index is 12.1. The quantitative estimate of drug-likeness (QED) is 0.767. The fourth-order valence-electron chi connectivity index (χ4n) is 1.42. The maximum Gasteiger partial charge on any atom is 0.255 e. The summed E-state index contributed by atoms with van der Waals surface area (Å²) >= 11 is 1.36. The molecule has 0 aromatic carbocycles. The van der Waals surface area contributed by atoms with Gasteiger partial charge >= 0.3 is 0 Å². The summed E-state index contributed by atoms with van der Waals surface area (Å²) in [7, 11) is 0. The molecule has 0 aliphatic carbocycles. The predicted molar refractivity (Wildman–Crippen MR) is 73.7 cm³/mol. The van der Waals surface area contributed by atoms with E-state index in [1.54, 1.807) is 18.4 Å². The molecule has 3 N–H and O–H groups in total. The van der Waals surface area contributed by atoms with Crippen LogP contribution >= 0.6 is 11.3 Å². The van der Waals surface area contributed by atoms with Gasteiger partial charge in [-0.2, -0.15) is 0 Å². The van der Waals surface area contributed by atoms with Crippen LogP contribution in [0, 0.1) is 11.8 Å². The number of hydrogen-bond donors (Lipinski definition) is 2. The van der Waals surface area contributed by atoms with Gasteiger partial charge in [-0.15, -0.1) is 11.3 Å². The molecule has 0 atom stereocenters. The minimum atomic E-state index is -0.534. The van der Waals surface area contributed by atoms with Crippen LogP contribution in [0.5, 0.6) is 0 Å². The van der Waals surface area contributed by atoms with Crippen LogP contribution < -0.4 is 5.73 Å². The molecular weight excluding hydrogens is 264 g/mol. The lowest BCUT2D eigenvalue weighted by atomic mass is 10.2. The van der Waals surface area contributed by atoms with Crippen LogP contribution in [0.15, 0.2) is 11.4 Å². The summed E-state index contributed by atoms with van der Waals surface area (Å²) in [5, 5.41) is 10.3. The molecule has 5 nitrogen and oxygen atoms in total. The van der Waals surface area contributed by atoms with Crippen LogP contribution in [0.4, 0.5) is 0 Å². The zero-order chi connectivity index (χ0) is 14.3. The summed E-state index contributed by atoms with van der Waals surface area (Å²) in [6.07, 6.45) is 0.407. The van der Waals surface area contributed by atoms with Crippen LogP contribution in [0.25, 0.3) is 0 Å². The number of carbonyl (C=O) groups is 2. The number of hydrogen-bond acceptors (Lipinski definition) is 4. The Morgan fingerprint density at radius 1 is 1.53 bits per heavy atom. The maximum absolute atomic E-state index is 12.1. The van der Waals surface area contributed by atoms with E-state index in [2.05, 4.69) is 11.8 Å². The smallest absolute Gasteiger partial charge is 0.255 e. The molecule has 0 radical (unpaired) electrons. The average molecular weight is 280 g/mol. The minimum Gasteiger partial charge on any atom is -0.395 e. The van der Waals surface area contributed by atoms with Gasteiger partial charge in [-0.05, 0) is 13.0 Å². The summed E-state index contributed by atoms with van der Waals surface area (Å²) in [6, 6.07) is 1.68. The average Bonchev–Trinajstić information content (AvgIpc) is 2.84. The van der Waals surface area contributed by atoms with Crippen molar-refractivity contribution in [2.75, 3.05) is 19.7 Å². The summed E-state index contributed by atoms with van der Waals surface area (Å²) < 4.78 is 0. The highest BCUT2D eigenvalue weighted by Gasteiger charge is 2.17. The van der Waals surface area contributed by atoms with E-state index >= 15 is 0 Å². The van der Waals surface area contributed by atoms with Crippen LogP contribution in [0.3, 0.4) is 0 Å². The van der Waals surface area contributed by atoms with E-state index in [0.717, 1.165) is 4.88 Å². The van der Waals surface area contributed by atoms with Crippen LogP contribution in [-0.2, 0) is 4.79 Å². The Morgan fingerprint density at radius 2 is 2.26 bits per heavy atom. The third-order valence-electron chi connectivity index (χ3n) is 2.31. The Bertz CT molecular complexity index is 513. The lowest BCUT2D eigenvalue weighted by molar-refractivity contribution is -0.118. The first-order chi connectivity index (χ1) is 9.08. The molecule has 0 bridgehead atoms. The predicted octanol–water partition coefficient (Wildman–Crippen LogP) is 0.429. The van der Waals surface area contributed by atoms with E-state index in [0.29, 0.717) is 18.5 Å². The largest absolute Gasteiger partial charge is 0.395 e. The van der Waals surface area contributed by atoms with Gasteiger partial charge in [-0.25, -0.2) is 0 Å². The molecular formula is C13H16N2O3S. The lowest BCUT2D eigenvalue weighted by Crippen LogP contribution is -2.38. The van der Waals surface area contributed by atoms with Crippen LogP contribution in [-0.4, -0.2) is 41.5 Å². The Kier molecular flexibility index (Phi) is 6.06. The number of aliphatic hydroxyl groups excluding tert-OH is 1. The third-order valence-corrected chi connectivity index (χ3v) is 3.16. The van der Waals surface area contributed by atoms with Gasteiger partial charge in [0, 0.05) is 18.3 Å². The highest BCUT2D eigenvalue weighted by atomic mass is 32.1. The molecule has 0 saturated carbocycles. The summed E-state index contributed by atoms with van der Waals surface area (Å²) in [4.78, 5) is 25.1. The summed E-state index contributed by atoms with van der Waals surface area (Å²) in [6.45, 7) is 2.14. The van der Waals surface area contributed by atoms with E-state index in [-0.39, 0.29) is 19.1 Å². The van der Waals surface area contributed by atoms with Crippen molar-refractivity contribution in [1.82, 2.24) is 4.90 Å². The molecule has 19 heavy (non-hydrogen) atoms. The lowest BCUT2D eigenvalue weighted by Gasteiger charge is -2.17. The van der Waals surface area contributed by atoms with Crippen molar-refractivity contribution in [3.05, 3.63) is 21.9 Å².